The Bertz CT molecular complexity index is 563. The lowest BCUT2D eigenvalue weighted by atomic mass is 9.84. The molecular weight excluding hydrogens is 236 g/mol. The summed E-state index contributed by atoms with van der Waals surface area (Å²) in [5, 5.41) is 0. The van der Waals surface area contributed by atoms with E-state index >= 15 is 0 Å². The third-order valence-electron chi connectivity index (χ3n) is 4.04. The van der Waals surface area contributed by atoms with Crippen LogP contribution >= 0.6 is 0 Å². The maximum atomic E-state index is 5.99. The Hall–Kier alpha value is -1.91. The first-order chi connectivity index (χ1) is 9.28. The number of nitrogens with two attached hydrogens (primary N) is 2. The summed E-state index contributed by atoms with van der Waals surface area (Å²) in [4.78, 5) is 4.17. The third-order valence-corrected chi connectivity index (χ3v) is 4.04. The van der Waals surface area contributed by atoms with Gasteiger partial charge in [0.25, 0.3) is 0 Å². The van der Waals surface area contributed by atoms with Gasteiger partial charge >= 0.3 is 0 Å². The highest BCUT2D eigenvalue weighted by molar-refractivity contribution is 5.47. The molecule has 19 heavy (non-hydrogen) atoms. The molecule has 4 nitrogen and oxygen atoms in total. The lowest BCUT2D eigenvalue weighted by molar-refractivity contribution is 0.439. The van der Waals surface area contributed by atoms with Crippen molar-refractivity contribution >= 4 is 5.82 Å². The van der Waals surface area contributed by atoms with Crippen LogP contribution in [0.1, 0.15) is 30.0 Å². The van der Waals surface area contributed by atoms with Crippen molar-refractivity contribution in [2.24, 2.45) is 5.84 Å². The number of nitrogen functional groups attached to an aromatic ring is 1. The molecule has 1 unspecified atom stereocenters. The Morgan fingerprint density at radius 1 is 1.11 bits per heavy atom. The van der Waals surface area contributed by atoms with Crippen LogP contribution in [0.15, 0.2) is 48.7 Å². The molecule has 1 aromatic carbocycles. The molecule has 1 fully saturated rings. The summed E-state index contributed by atoms with van der Waals surface area (Å²) >= 11 is 0. The third kappa shape index (κ3) is 1.99. The molecule has 0 amide bonds. The van der Waals surface area contributed by atoms with Crippen molar-refractivity contribution in [1.29, 1.82) is 0 Å². The van der Waals surface area contributed by atoms with Crippen LogP contribution in [0, 0.1) is 0 Å². The predicted octanol–water partition coefficient (Wildman–Crippen LogP) is 1.90. The molecule has 1 atom stereocenters. The summed E-state index contributed by atoms with van der Waals surface area (Å²) in [6.45, 7) is 0. The van der Waals surface area contributed by atoms with Crippen LogP contribution in [-0.2, 0) is 5.41 Å². The molecule has 2 aromatic rings. The average molecular weight is 254 g/mol. The van der Waals surface area contributed by atoms with Crippen molar-refractivity contribution in [3.63, 3.8) is 0 Å². The number of benzene rings is 1. The van der Waals surface area contributed by atoms with Gasteiger partial charge in [-0.05, 0) is 24.5 Å². The average Bonchev–Trinajstić information content (AvgIpc) is 3.24. The zero-order chi connectivity index (χ0) is 13.3. The molecule has 1 aromatic heterocycles. The largest absolute Gasteiger partial charge is 0.383 e. The predicted molar refractivity (Wildman–Crippen MR) is 76.1 cm³/mol. The number of aromatic nitrogens is 1. The Labute approximate surface area is 112 Å². The summed E-state index contributed by atoms with van der Waals surface area (Å²) in [5.74, 6) is 6.35. The second-order valence-electron chi connectivity index (χ2n) is 5.10. The van der Waals surface area contributed by atoms with E-state index in [4.69, 9.17) is 11.6 Å². The maximum absolute atomic E-state index is 5.99. The summed E-state index contributed by atoms with van der Waals surface area (Å²) in [6.07, 6.45) is 3.93. The van der Waals surface area contributed by atoms with Crippen molar-refractivity contribution in [2.75, 3.05) is 5.73 Å². The monoisotopic (exact) mass is 254 g/mol. The van der Waals surface area contributed by atoms with Crippen molar-refractivity contribution in [1.82, 2.24) is 10.4 Å². The highest BCUT2D eigenvalue weighted by Gasteiger charge is 2.51. The first-order valence-electron chi connectivity index (χ1n) is 6.50. The van der Waals surface area contributed by atoms with Gasteiger partial charge in [0.05, 0.1) is 6.04 Å². The van der Waals surface area contributed by atoms with Crippen LogP contribution in [0.4, 0.5) is 5.82 Å². The van der Waals surface area contributed by atoms with Gasteiger partial charge in [0.15, 0.2) is 0 Å². The van der Waals surface area contributed by atoms with Crippen LogP contribution < -0.4 is 17.0 Å². The Morgan fingerprint density at radius 2 is 1.84 bits per heavy atom. The molecule has 0 bridgehead atoms. The van der Waals surface area contributed by atoms with E-state index in [2.05, 4.69) is 34.7 Å². The van der Waals surface area contributed by atoms with E-state index in [0.717, 1.165) is 18.4 Å². The number of pyridine rings is 1. The van der Waals surface area contributed by atoms with Crippen molar-refractivity contribution in [2.45, 2.75) is 24.3 Å². The van der Waals surface area contributed by atoms with Gasteiger partial charge in [0.1, 0.15) is 5.82 Å². The number of nitrogens with zero attached hydrogens (tertiary/aromatic N) is 1. The van der Waals surface area contributed by atoms with Gasteiger partial charge in [-0.3, -0.25) is 11.3 Å². The molecule has 0 saturated heterocycles. The Balaban J connectivity index is 2.02. The number of anilines is 1. The van der Waals surface area contributed by atoms with E-state index in [1.54, 1.807) is 6.20 Å². The van der Waals surface area contributed by atoms with E-state index in [9.17, 15) is 0 Å². The Morgan fingerprint density at radius 3 is 2.42 bits per heavy atom. The zero-order valence-electron chi connectivity index (χ0n) is 10.7. The zero-order valence-corrected chi connectivity index (χ0v) is 10.7. The number of nitrogens with one attached hydrogen (secondary N) is 1. The molecule has 5 N–H and O–H groups in total. The second-order valence-corrected chi connectivity index (χ2v) is 5.10. The summed E-state index contributed by atoms with van der Waals surface area (Å²) in [6, 6.07) is 14.4. The first kappa shape index (κ1) is 12.1. The minimum atomic E-state index is 0.00333. The normalized spacial score (nSPS) is 17.9. The first-order valence-corrected chi connectivity index (χ1v) is 6.50. The molecule has 0 radical (unpaired) electrons. The van der Waals surface area contributed by atoms with Crippen LogP contribution in [0.2, 0.25) is 0 Å². The molecule has 1 heterocycles. The highest BCUT2D eigenvalue weighted by atomic mass is 15.2. The van der Waals surface area contributed by atoms with E-state index in [1.165, 1.54) is 5.56 Å². The molecule has 3 rings (SSSR count). The van der Waals surface area contributed by atoms with E-state index in [0.29, 0.717) is 5.82 Å². The van der Waals surface area contributed by atoms with Gasteiger partial charge in [0, 0.05) is 17.2 Å². The smallest absolute Gasteiger partial charge is 0.128 e. The van der Waals surface area contributed by atoms with E-state index in [-0.39, 0.29) is 11.5 Å². The fourth-order valence-electron chi connectivity index (χ4n) is 2.87. The topological polar surface area (TPSA) is 77.0 Å². The lowest BCUT2D eigenvalue weighted by Crippen LogP contribution is -2.37. The van der Waals surface area contributed by atoms with Gasteiger partial charge in [0.2, 0.25) is 0 Å². The van der Waals surface area contributed by atoms with Crippen molar-refractivity contribution in [3.05, 3.63) is 59.8 Å². The number of rotatable bonds is 4. The molecular formula is C15H18N4. The SMILES string of the molecule is NNC(c1cccnc1N)C1(c2ccccc2)CC1. The van der Waals surface area contributed by atoms with Crippen LogP contribution in [0.5, 0.6) is 0 Å². The van der Waals surface area contributed by atoms with Crippen molar-refractivity contribution in [3.8, 4) is 0 Å². The Kier molecular flexibility index (Phi) is 2.97. The van der Waals surface area contributed by atoms with Crippen LogP contribution in [-0.4, -0.2) is 4.98 Å². The molecule has 0 spiro atoms. The van der Waals surface area contributed by atoms with Gasteiger partial charge in [-0.15, -0.1) is 0 Å². The van der Waals surface area contributed by atoms with E-state index < -0.39 is 0 Å². The number of hydrazine groups is 1. The summed E-state index contributed by atoms with van der Waals surface area (Å²) in [5.41, 5.74) is 11.3. The number of hydrogen-bond acceptors (Lipinski definition) is 4. The molecule has 1 aliphatic rings. The maximum Gasteiger partial charge on any atom is 0.128 e. The van der Waals surface area contributed by atoms with Crippen molar-refractivity contribution < 1.29 is 0 Å². The van der Waals surface area contributed by atoms with Crippen LogP contribution in [0.3, 0.4) is 0 Å². The molecule has 4 heteroatoms. The molecule has 98 valence electrons. The minimum absolute atomic E-state index is 0.00333. The van der Waals surface area contributed by atoms with Crippen LogP contribution in [0.25, 0.3) is 0 Å². The standard InChI is InChI=1S/C15H18N4/c16-14-12(7-4-10-18-14)13(19-17)15(8-9-15)11-5-2-1-3-6-11/h1-7,10,13,19H,8-9,17H2,(H2,16,18). The minimum Gasteiger partial charge on any atom is -0.383 e. The van der Waals surface area contributed by atoms with Gasteiger partial charge in [-0.1, -0.05) is 36.4 Å². The van der Waals surface area contributed by atoms with Gasteiger partial charge in [-0.2, -0.15) is 0 Å². The van der Waals surface area contributed by atoms with E-state index in [1.807, 2.05) is 18.2 Å². The molecule has 0 aliphatic heterocycles. The molecule has 1 saturated carbocycles. The highest BCUT2D eigenvalue weighted by Crippen LogP contribution is 2.56. The fraction of sp³-hybridized carbons (Fsp3) is 0.267. The molecule has 1 aliphatic carbocycles. The second kappa shape index (κ2) is 4.64. The lowest BCUT2D eigenvalue weighted by Gasteiger charge is -2.27. The van der Waals surface area contributed by atoms with Gasteiger partial charge in [-0.25, -0.2) is 4.98 Å². The fourth-order valence-corrected chi connectivity index (χ4v) is 2.87. The van der Waals surface area contributed by atoms with Gasteiger partial charge < -0.3 is 5.73 Å². The number of hydrogen-bond donors (Lipinski definition) is 3. The quantitative estimate of drug-likeness (QED) is 0.575. The summed E-state index contributed by atoms with van der Waals surface area (Å²) < 4.78 is 0. The summed E-state index contributed by atoms with van der Waals surface area (Å²) in [7, 11) is 0.